The Morgan fingerprint density at radius 2 is 2.14 bits per heavy atom. The van der Waals surface area contributed by atoms with E-state index in [4.69, 9.17) is 14.3 Å². The average Bonchev–Trinajstić information content (AvgIpc) is 3.01. The molecule has 0 radical (unpaired) electrons. The number of carbonyl (C=O) groups is 1. The van der Waals surface area contributed by atoms with Crippen LogP contribution in [0.2, 0.25) is 0 Å². The minimum atomic E-state index is -0.335. The monoisotopic (exact) mass is 311 g/mol. The summed E-state index contributed by atoms with van der Waals surface area (Å²) < 4.78 is 24.1. The number of hydrogen-bond donors (Lipinski definition) is 0. The van der Waals surface area contributed by atoms with Crippen LogP contribution in [0.25, 0.3) is 0 Å². The first-order valence-corrected chi connectivity index (χ1v) is 7.31. The number of amides is 1. The van der Waals surface area contributed by atoms with E-state index in [1.165, 1.54) is 31.4 Å². The van der Waals surface area contributed by atoms with E-state index in [1.807, 2.05) is 0 Å². The molecular formula is C16H22FNO4. The molecule has 0 heterocycles. The number of halogens is 1. The van der Waals surface area contributed by atoms with Gasteiger partial charge in [0.05, 0.1) is 7.11 Å². The number of methoxy groups -OCH3 is 1. The molecule has 5 nitrogen and oxygen atoms in total. The molecule has 2 rings (SSSR count). The van der Waals surface area contributed by atoms with Gasteiger partial charge in [0.2, 0.25) is 5.91 Å². The fourth-order valence-corrected chi connectivity index (χ4v) is 3.01. The molecule has 0 aromatic heterocycles. The van der Waals surface area contributed by atoms with Crippen molar-refractivity contribution in [2.45, 2.75) is 25.2 Å². The van der Waals surface area contributed by atoms with Crippen LogP contribution in [0.1, 0.15) is 30.7 Å². The maximum atomic E-state index is 13.7. The van der Waals surface area contributed by atoms with Crippen LogP contribution in [0, 0.1) is 11.7 Å². The summed E-state index contributed by atoms with van der Waals surface area (Å²) in [5.41, 5.74) is 0.720. The van der Waals surface area contributed by atoms with Crippen LogP contribution in [0.15, 0.2) is 18.2 Å². The fraction of sp³-hybridized carbons (Fsp3) is 0.562. The largest absolute Gasteiger partial charge is 0.467 e. The Morgan fingerprint density at radius 1 is 1.36 bits per heavy atom. The first-order chi connectivity index (χ1) is 10.6. The molecular weight excluding hydrogens is 289 g/mol. The van der Waals surface area contributed by atoms with Crippen molar-refractivity contribution in [3.8, 4) is 5.75 Å². The number of benzene rings is 1. The van der Waals surface area contributed by atoms with E-state index in [1.54, 1.807) is 13.1 Å². The van der Waals surface area contributed by atoms with Gasteiger partial charge in [0, 0.05) is 25.6 Å². The second-order valence-electron chi connectivity index (χ2n) is 5.40. The zero-order chi connectivity index (χ0) is 16.1. The summed E-state index contributed by atoms with van der Waals surface area (Å²) >= 11 is 0. The molecule has 0 N–H and O–H groups in total. The minimum absolute atomic E-state index is 0.0762. The summed E-state index contributed by atoms with van der Waals surface area (Å²) in [6.07, 6.45) is 2.50. The third kappa shape index (κ3) is 3.56. The molecule has 0 aliphatic heterocycles. The van der Waals surface area contributed by atoms with Crippen molar-refractivity contribution >= 4 is 5.91 Å². The van der Waals surface area contributed by atoms with Crippen molar-refractivity contribution in [3.05, 3.63) is 29.6 Å². The molecule has 22 heavy (non-hydrogen) atoms. The van der Waals surface area contributed by atoms with E-state index in [9.17, 15) is 9.18 Å². The molecule has 0 spiro atoms. The van der Waals surface area contributed by atoms with E-state index in [0.717, 1.165) is 24.8 Å². The lowest BCUT2D eigenvalue weighted by Gasteiger charge is -2.25. The van der Waals surface area contributed by atoms with Gasteiger partial charge in [0.1, 0.15) is 11.6 Å². The van der Waals surface area contributed by atoms with E-state index < -0.39 is 0 Å². The Hall–Kier alpha value is -1.66. The van der Waals surface area contributed by atoms with Crippen molar-refractivity contribution in [2.75, 3.05) is 28.1 Å². The van der Waals surface area contributed by atoms with Gasteiger partial charge in [-0.15, -0.1) is 0 Å². The van der Waals surface area contributed by atoms with E-state index >= 15 is 0 Å². The van der Waals surface area contributed by atoms with E-state index in [2.05, 4.69) is 0 Å². The summed E-state index contributed by atoms with van der Waals surface area (Å²) in [6, 6.07) is 4.39. The average molecular weight is 311 g/mol. The Labute approximate surface area is 129 Å². The molecule has 1 saturated carbocycles. The van der Waals surface area contributed by atoms with Gasteiger partial charge in [-0.3, -0.25) is 9.63 Å². The smallest absolute Gasteiger partial charge is 0.249 e. The van der Waals surface area contributed by atoms with Gasteiger partial charge in [-0.05, 0) is 37.0 Å². The molecule has 0 bridgehead atoms. The number of rotatable bonds is 6. The van der Waals surface area contributed by atoms with Crippen LogP contribution in [0.4, 0.5) is 4.39 Å². The van der Waals surface area contributed by atoms with Gasteiger partial charge >= 0.3 is 0 Å². The van der Waals surface area contributed by atoms with Crippen LogP contribution in [-0.4, -0.2) is 39.0 Å². The second-order valence-corrected chi connectivity index (χ2v) is 5.40. The van der Waals surface area contributed by atoms with E-state index in [0.29, 0.717) is 5.75 Å². The Kier molecular flexibility index (Phi) is 5.74. The fourth-order valence-electron chi connectivity index (χ4n) is 3.01. The highest BCUT2D eigenvalue weighted by atomic mass is 19.1. The lowest BCUT2D eigenvalue weighted by molar-refractivity contribution is -0.173. The number of nitrogens with zero attached hydrogens (tertiary/aromatic N) is 1. The molecule has 0 saturated heterocycles. The van der Waals surface area contributed by atoms with Crippen molar-refractivity contribution in [1.82, 2.24) is 5.06 Å². The SMILES string of the molecule is COCOc1ccc(F)cc1[C@@H]1CCC[C@@H]1C(=O)N(C)OC. The molecule has 6 heteroatoms. The van der Waals surface area contributed by atoms with Crippen molar-refractivity contribution in [3.63, 3.8) is 0 Å². The normalized spacial score (nSPS) is 20.9. The highest BCUT2D eigenvalue weighted by molar-refractivity contribution is 5.79. The zero-order valence-corrected chi connectivity index (χ0v) is 13.2. The standard InChI is InChI=1S/C16H22FNO4/c1-18(21-3)16(19)13-6-4-5-12(13)14-9-11(17)7-8-15(14)22-10-20-2/h7-9,12-13H,4-6,10H2,1-3H3/t12-,13+/m1/s1. The quantitative estimate of drug-likeness (QED) is 0.599. The molecule has 1 aromatic carbocycles. The topological polar surface area (TPSA) is 48.0 Å². The van der Waals surface area contributed by atoms with Crippen molar-refractivity contribution in [2.24, 2.45) is 5.92 Å². The molecule has 0 unspecified atom stereocenters. The van der Waals surface area contributed by atoms with Gasteiger partial charge in [-0.1, -0.05) is 6.42 Å². The van der Waals surface area contributed by atoms with Crippen LogP contribution in [0.5, 0.6) is 5.75 Å². The van der Waals surface area contributed by atoms with Gasteiger partial charge in [0.15, 0.2) is 6.79 Å². The second kappa shape index (κ2) is 7.56. The Morgan fingerprint density at radius 3 is 2.82 bits per heavy atom. The highest BCUT2D eigenvalue weighted by Crippen LogP contribution is 2.44. The number of carbonyl (C=O) groups excluding carboxylic acids is 1. The van der Waals surface area contributed by atoms with E-state index in [-0.39, 0.29) is 30.4 Å². The lowest BCUT2D eigenvalue weighted by Crippen LogP contribution is -2.33. The molecule has 1 fully saturated rings. The first-order valence-electron chi connectivity index (χ1n) is 7.31. The third-order valence-corrected chi connectivity index (χ3v) is 4.12. The van der Waals surface area contributed by atoms with Gasteiger partial charge in [-0.2, -0.15) is 0 Å². The summed E-state index contributed by atoms with van der Waals surface area (Å²) in [5, 5.41) is 1.23. The van der Waals surface area contributed by atoms with Crippen LogP contribution >= 0.6 is 0 Å². The number of ether oxygens (including phenoxy) is 2. The Balaban J connectivity index is 2.28. The predicted molar refractivity (Wildman–Crippen MR) is 78.8 cm³/mol. The predicted octanol–water partition coefficient (Wildman–Crippen LogP) is 2.71. The Bertz CT molecular complexity index is 523. The molecule has 1 aliphatic carbocycles. The maximum absolute atomic E-state index is 13.7. The van der Waals surface area contributed by atoms with Crippen molar-refractivity contribution in [1.29, 1.82) is 0 Å². The summed E-state index contributed by atoms with van der Waals surface area (Å²) in [5.74, 6) is -0.165. The molecule has 1 aliphatic rings. The van der Waals surface area contributed by atoms with Gasteiger partial charge in [0.25, 0.3) is 0 Å². The zero-order valence-electron chi connectivity index (χ0n) is 13.2. The molecule has 2 atom stereocenters. The van der Waals surface area contributed by atoms with Crippen LogP contribution in [-0.2, 0) is 14.4 Å². The summed E-state index contributed by atoms with van der Waals surface area (Å²) in [4.78, 5) is 17.4. The minimum Gasteiger partial charge on any atom is -0.467 e. The van der Waals surface area contributed by atoms with Gasteiger partial charge in [-0.25, -0.2) is 9.45 Å². The lowest BCUT2D eigenvalue weighted by atomic mass is 9.87. The maximum Gasteiger partial charge on any atom is 0.249 e. The third-order valence-electron chi connectivity index (χ3n) is 4.12. The molecule has 1 amide bonds. The first kappa shape index (κ1) is 16.7. The highest BCUT2D eigenvalue weighted by Gasteiger charge is 2.37. The van der Waals surface area contributed by atoms with Crippen LogP contribution < -0.4 is 4.74 Å². The molecule has 1 aromatic rings. The molecule has 122 valence electrons. The number of hydroxylamine groups is 2. The van der Waals surface area contributed by atoms with Crippen LogP contribution in [0.3, 0.4) is 0 Å². The summed E-state index contributed by atoms with van der Waals surface area (Å²) in [6.45, 7) is 0.0853. The van der Waals surface area contributed by atoms with Gasteiger partial charge < -0.3 is 9.47 Å². The summed E-state index contributed by atoms with van der Waals surface area (Å²) in [7, 11) is 4.57. The van der Waals surface area contributed by atoms with Crippen molar-refractivity contribution < 1.29 is 23.5 Å². The number of hydrogen-bond acceptors (Lipinski definition) is 4.